The lowest BCUT2D eigenvalue weighted by Crippen LogP contribution is -2.30. The quantitative estimate of drug-likeness (QED) is 0.481. The number of alkyl halides is 6. The normalized spacial score (nSPS) is 12.8. The molecule has 2 rings (SSSR count). The summed E-state index contributed by atoms with van der Waals surface area (Å²) in [4.78, 5) is 0. The number of hydrogen-bond donors (Lipinski definition) is 0. The van der Waals surface area contributed by atoms with Crippen molar-refractivity contribution < 1.29 is 52.5 Å². The zero-order valence-electron chi connectivity index (χ0n) is 15.2. The van der Waals surface area contributed by atoms with E-state index in [4.69, 9.17) is 4.74 Å². The van der Waals surface area contributed by atoms with Crippen LogP contribution >= 0.6 is 0 Å². The molecule has 0 atom stereocenters. The molecule has 0 saturated carbocycles. The smallest absolute Gasteiger partial charge is 0.480 e. The standard InChI is InChI=1S/C12H15N2O.C2F6NO4S2/c1-3-13-8-9-14(10-13)11-6-4-5-7-12(11)15-2;3-1(4,5)14(10,11)9-15(12,13)2(6,7)8/h4-10H,3H2,1-2H3;/q+1;-1. The molecule has 0 saturated heterocycles. The molecule has 1 heterocycles. The molecular formula is C14H15F6N3O5S2. The topological polar surface area (TPSA) is 100 Å². The minimum atomic E-state index is -6.72. The van der Waals surface area contributed by atoms with Gasteiger partial charge in [0, 0.05) is 0 Å². The van der Waals surface area contributed by atoms with Crippen LogP contribution < -0.4 is 9.30 Å². The Bertz CT molecular complexity index is 1020. The lowest BCUT2D eigenvalue weighted by atomic mass is 10.3. The Labute approximate surface area is 167 Å². The van der Waals surface area contributed by atoms with Gasteiger partial charge in [-0.15, -0.1) is 0 Å². The third kappa shape index (κ3) is 6.33. The van der Waals surface area contributed by atoms with Crippen molar-refractivity contribution in [1.29, 1.82) is 0 Å². The molecule has 1 aromatic carbocycles. The summed E-state index contributed by atoms with van der Waals surface area (Å²) in [7, 11) is -11.8. The number of para-hydroxylation sites is 2. The van der Waals surface area contributed by atoms with E-state index >= 15 is 0 Å². The van der Waals surface area contributed by atoms with Gasteiger partial charge in [0.15, 0.2) is 31.5 Å². The van der Waals surface area contributed by atoms with E-state index in [2.05, 4.69) is 22.4 Å². The maximum atomic E-state index is 11.4. The van der Waals surface area contributed by atoms with E-state index in [0.29, 0.717) is 0 Å². The number of aromatic nitrogens is 2. The summed E-state index contributed by atoms with van der Waals surface area (Å²) in [6.45, 7) is 3.09. The third-order valence-corrected chi connectivity index (χ3v) is 5.94. The maximum Gasteiger partial charge on any atom is 0.480 e. The second-order valence-corrected chi connectivity index (χ2v) is 8.66. The van der Waals surface area contributed by atoms with E-state index in [9.17, 15) is 43.2 Å². The van der Waals surface area contributed by atoms with Gasteiger partial charge >= 0.3 is 11.0 Å². The molecule has 0 radical (unpaired) electrons. The number of rotatable bonds is 5. The maximum absolute atomic E-state index is 11.4. The number of halogens is 6. The van der Waals surface area contributed by atoms with Crippen LogP contribution in [-0.4, -0.2) is 39.5 Å². The lowest BCUT2D eigenvalue weighted by molar-refractivity contribution is -0.692. The molecular weight excluding hydrogens is 468 g/mol. The molecule has 0 aliphatic heterocycles. The van der Waals surface area contributed by atoms with Gasteiger partial charge in [0.25, 0.3) is 0 Å². The van der Waals surface area contributed by atoms with Crippen molar-refractivity contribution in [2.24, 2.45) is 0 Å². The monoisotopic (exact) mass is 483 g/mol. The average Bonchev–Trinajstić information content (AvgIpc) is 3.08. The zero-order chi connectivity index (χ0) is 23.4. The fourth-order valence-electron chi connectivity index (χ4n) is 1.78. The number of methoxy groups -OCH3 is 1. The summed E-state index contributed by atoms with van der Waals surface area (Å²) in [6.07, 6.45) is 6.13. The number of ether oxygens (including phenoxy) is 1. The first-order valence-corrected chi connectivity index (χ1v) is 10.5. The van der Waals surface area contributed by atoms with E-state index in [-0.39, 0.29) is 0 Å². The highest BCUT2D eigenvalue weighted by atomic mass is 32.3. The largest absolute Gasteiger partial charge is 0.492 e. The van der Waals surface area contributed by atoms with Crippen LogP contribution in [0, 0.1) is 0 Å². The number of nitrogens with zero attached hydrogens (tertiary/aromatic N) is 3. The second kappa shape index (κ2) is 9.22. The Morgan fingerprint density at radius 1 is 1.00 bits per heavy atom. The van der Waals surface area contributed by atoms with Crippen molar-refractivity contribution in [2.45, 2.75) is 24.5 Å². The molecule has 170 valence electrons. The van der Waals surface area contributed by atoms with E-state index in [0.717, 1.165) is 22.1 Å². The van der Waals surface area contributed by atoms with Gasteiger partial charge in [-0.3, -0.25) is 0 Å². The molecule has 0 N–H and O–H groups in total. The Morgan fingerprint density at radius 2 is 1.50 bits per heavy atom. The van der Waals surface area contributed by atoms with Crippen LogP contribution in [0.3, 0.4) is 0 Å². The van der Waals surface area contributed by atoms with Crippen molar-refractivity contribution in [3.05, 3.63) is 47.1 Å². The Morgan fingerprint density at radius 3 is 1.90 bits per heavy atom. The molecule has 0 aliphatic rings. The minimum Gasteiger partial charge on any atom is -0.492 e. The lowest BCUT2D eigenvalue weighted by Gasteiger charge is -2.22. The SMILES string of the molecule is CC[n+]1ccn(-c2ccccc2OC)c1.O=S(=O)([N-]S(=O)(=O)C(F)(F)F)C(F)(F)F. The van der Waals surface area contributed by atoms with Gasteiger partial charge in [0.2, 0.25) is 6.33 Å². The Hall–Kier alpha value is -2.33. The van der Waals surface area contributed by atoms with Crippen LogP contribution in [-0.2, 0) is 26.6 Å². The van der Waals surface area contributed by atoms with Crippen LogP contribution in [0.1, 0.15) is 6.92 Å². The van der Waals surface area contributed by atoms with Crippen molar-refractivity contribution in [2.75, 3.05) is 7.11 Å². The summed E-state index contributed by atoms with van der Waals surface area (Å²) < 4.78 is 119. The summed E-state index contributed by atoms with van der Waals surface area (Å²) in [6, 6.07) is 7.98. The van der Waals surface area contributed by atoms with E-state index < -0.39 is 31.1 Å². The summed E-state index contributed by atoms with van der Waals surface area (Å²) in [5, 5.41) is 0. The summed E-state index contributed by atoms with van der Waals surface area (Å²) in [5.74, 6) is 0.886. The molecule has 30 heavy (non-hydrogen) atoms. The van der Waals surface area contributed by atoms with E-state index in [1.54, 1.807) is 7.11 Å². The van der Waals surface area contributed by atoms with Gasteiger partial charge in [-0.05, 0) is 19.1 Å². The van der Waals surface area contributed by atoms with Crippen molar-refractivity contribution >= 4 is 20.0 Å². The van der Waals surface area contributed by atoms with E-state index in [1.807, 2.05) is 36.7 Å². The number of hydrogen-bond acceptors (Lipinski definition) is 5. The fraction of sp³-hybridized carbons (Fsp3) is 0.357. The Balaban J connectivity index is 0.000000300. The molecule has 1 aromatic heterocycles. The van der Waals surface area contributed by atoms with Crippen molar-refractivity contribution in [3.63, 3.8) is 0 Å². The zero-order valence-corrected chi connectivity index (χ0v) is 16.8. The van der Waals surface area contributed by atoms with Crippen LogP contribution in [0.25, 0.3) is 9.81 Å². The highest BCUT2D eigenvalue weighted by Crippen LogP contribution is 2.36. The highest BCUT2D eigenvalue weighted by Gasteiger charge is 2.46. The van der Waals surface area contributed by atoms with Crippen LogP contribution in [0.2, 0.25) is 0 Å². The second-order valence-electron chi connectivity index (χ2n) is 5.24. The molecule has 0 amide bonds. The molecule has 0 aliphatic carbocycles. The summed E-state index contributed by atoms with van der Waals surface area (Å²) >= 11 is 0. The predicted octanol–water partition coefficient (Wildman–Crippen LogP) is 2.85. The summed E-state index contributed by atoms with van der Waals surface area (Å²) in [5.41, 5.74) is -11.3. The molecule has 0 bridgehead atoms. The van der Waals surface area contributed by atoms with Gasteiger partial charge < -0.3 is 8.86 Å². The number of aryl methyl sites for hydroxylation is 1. The van der Waals surface area contributed by atoms with Crippen LogP contribution in [0.15, 0.2) is 43.0 Å². The first-order valence-electron chi connectivity index (χ1n) is 7.63. The van der Waals surface area contributed by atoms with Crippen molar-refractivity contribution in [1.82, 2.24) is 4.57 Å². The molecule has 2 aromatic rings. The molecule has 0 unspecified atom stereocenters. The van der Waals surface area contributed by atoms with Gasteiger partial charge in [-0.25, -0.2) is 21.4 Å². The first kappa shape index (κ1) is 25.7. The average molecular weight is 483 g/mol. The molecule has 0 spiro atoms. The Kier molecular flexibility index (Phi) is 7.90. The number of imidazole rings is 1. The van der Waals surface area contributed by atoms with Crippen LogP contribution in [0.5, 0.6) is 5.75 Å². The van der Waals surface area contributed by atoms with E-state index in [1.165, 1.54) is 0 Å². The fourth-order valence-corrected chi connectivity index (χ4v) is 3.49. The predicted molar refractivity (Wildman–Crippen MR) is 91.5 cm³/mol. The third-order valence-electron chi connectivity index (χ3n) is 3.20. The van der Waals surface area contributed by atoms with Crippen molar-refractivity contribution in [3.8, 4) is 11.4 Å². The molecule has 8 nitrogen and oxygen atoms in total. The minimum absolute atomic E-state index is 0.778. The van der Waals surface area contributed by atoms with Gasteiger partial charge in [-0.1, -0.05) is 12.1 Å². The highest BCUT2D eigenvalue weighted by molar-refractivity contribution is 8.13. The van der Waals surface area contributed by atoms with Gasteiger partial charge in [0.1, 0.15) is 12.4 Å². The molecule has 0 fully saturated rings. The number of benzene rings is 1. The van der Waals surface area contributed by atoms with Gasteiger partial charge in [0.05, 0.1) is 13.7 Å². The first-order chi connectivity index (χ1) is 13.6. The molecule has 16 heteroatoms. The number of sulfonamides is 2. The van der Waals surface area contributed by atoms with Gasteiger partial charge in [-0.2, -0.15) is 30.9 Å². The van der Waals surface area contributed by atoms with Crippen LogP contribution in [0.4, 0.5) is 26.3 Å².